The van der Waals surface area contributed by atoms with Gasteiger partial charge in [-0.15, -0.1) is 0 Å². The highest BCUT2D eigenvalue weighted by atomic mass is 32.2. The molecule has 21 heavy (non-hydrogen) atoms. The van der Waals surface area contributed by atoms with Crippen molar-refractivity contribution in [3.63, 3.8) is 0 Å². The summed E-state index contributed by atoms with van der Waals surface area (Å²) in [6, 6.07) is 8.46. The summed E-state index contributed by atoms with van der Waals surface area (Å²) in [4.78, 5) is 0.184. The number of nitrogens with zero attached hydrogens (tertiary/aromatic N) is 1. The Morgan fingerprint density at radius 3 is 2.48 bits per heavy atom. The lowest BCUT2D eigenvalue weighted by molar-refractivity contribution is 0.430. The van der Waals surface area contributed by atoms with Gasteiger partial charge in [-0.1, -0.05) is 24.2 Å². The van der Waals surface area contributed by atoms with Crippen LogP contribution >= 0.6 is 0 Å². The fourth-order valence-corrected chi connectivity index (χ4v) is 2.94. The van der Waals surface area contributed by atoms with E-state index in [0.717, 1.165) is 12.1 Å². The highest BCUT2D eigenvalue weighted by Gasteiger charge is 2.17. The molecular formula is C14H19N3O3S. The van der Waals surface area contributed by atoms with Crippen LogP contribution in [0.1, 0.15) is 31.1 Å². The number of sulfonamides is 1. The number of nitrogens with one attached hydrogen (secondary N) is 2. The van der Waals surface area contributed by atoms with E-state index in [-0.39, 0.29) is 16.8 Å². The number of rotatable bonds is 6. The predicted octanol–water partition coefficient (Wildman–Crippen LogP) is 2.45. The third kappa shape index (κ3) is 3.83. The molecule has 6 nitrogen and oxygen atoms in total. The van der Waals surface area contributed by atoms with Crippen molar-refractivity contribution in [1.29, 1.82) is 0 Å². The van der Waals surface area contributed by atoms with Gasteiger partial charge in [0.1, 0.15) is 0 Å². The molecule has 0 aliphatic rings. The molecule has 0 spiro atoms. The van der Waals surface area contributed by atoms with Gasteiger partial charge in [-0.25, -0.2) is 13.1 Å². The maximum atomic E-state index is 12.2. The van der Waals surface area contributed by atoms with Crippen LogP contribution < -0.4 is 10.0 Å². The Hall–Kier alpha value is -1.86. The first-order valence-electron chi connectivity index (χ1n) is 6.72. The third-order valence-corrected chi connectivity index (χ3v) is 4.43. The second-order valence-corrected chi connectivity index (χ2v) is 6.47. The number of aryl methyl sites for hydroxylation is 1. The average Bonchev–Trinajstić information content (AvgIpc) is 2.84. The summed E-state index contributed by atoms with van der Waals surface area (Å²) < 4.78 is 31.6. The molecule has 2 aromatic rings. The van der Waals surface area contributed by atoms with Crippen molar-refractivity contribution in [2.45, 2.75) is 31.7 Å². The number of hydrogen-bond donors (Lipinski definition) is 2. The lowest BCUT2D eigenvalue weighted by Gasteiger charge is -2.13. The van der Waals surface area contributed by atoms with Crippen LogP contribution in [-0.2, 0) is 10.0 Å². The van der Waals surface area contributed by atoms with Gasteiger partial charge in [-0.05, 0) is 38.1 Å². The molecule has 0 aliphatic heterocycles. The molecular weight excluding hydrogens is 290 g/mol. The van der Waals surface area contributed by atoms with Gasteiger partial charge < -0.3 is 9.84 Å². The molecule has 1 unspecified atom stereocenters. The Morgan fingerprint density at radius 1 is 1.29 bits per heavy atom. The number of hydrogen-bond acceptors (Lipinski definition) is 5. The van der Waals surface area contributed by atoms with Crippen molar-refractivity contribution in [1.82, 2.24) is 10.5 Å². The normalized spacial score (nSPS) is 13.1. The summed E-state index contributed by atoms with van der Waals surface area (Å²) in [5.41, 5.74) is 1.65. The van der Waals surface area contributed by atoms with Crippen LogP contribution in [0.3, 0.4) is 0 Å². The smallest absolute Gasteiger partial charge is 0.264 e. The van der Waals surface area contributed by atoms with Crippen molar-refractivity contribution in [3.05, 3.63) is 41.6 Å². The van der Waals surface area contributed by atoms with E-state index < -0.39 is 10.0 Å². The van der Waals surface area contributed by atoms with E-state index >= 15 is 0 Å². The second kappa shape index (κ2) is 6.28. The Balaban J connectivity index is 2.17. The molecule has 0 saturated heterocycles. The summed E-state index contributed by atoms with van der Waals surface area (Å²) in [5.74, 6) is 0.109. The SMILES string of the molecule is CCNC(C)c1ccc(S(=O)(=O)Nc2cc(C)no2)cc1. The highest BCUT2D eigenvalue weighted by Crippen LogP contribution is 2.19. The lowest BCUT2D eigenvalue weighted by Crippen LogP contribution is -2.18. The van der Waals surface area contributed by atoms with Gasteiger partial charge in [0, 0.05) is 12.1 Å². The minimum atomic E-state index is -3.66. The lowest BCUT2D eigenvalue weighted by atomic mass is 10.1. The molecule has 1 heterocycles. The van der Waals surface area contributed by atoms with Gasteiger partial charge in [-0.3, -0.25) is 0 Å². The predicted molar refractivity (Wildman–Crippen MR) is 80.6 cm³/mol. The molecule has 0 amide bonds. The largest absolute Gasteiger partial charge is 0.338 e. The van der Waals surface area contributed by atoms with E-state index in [9.17, 15) is 8.42 Å². The van der Waals surface area contributed by atoms with Crippen LogP contribution in [0.25, 0.3) is 0 Å². The maximum Gasteiger partial charge on any atom is 0.264 e. The molecule has 2 N–H and O–H groups in total. The van der Waals surface area contributed by atoms with Crippen LogP contribution in [0.2, 0.25) is 0 Å². The number of benzene rings is 1. The Morgan fingerprint density at radius 2 is 1.95 bits per heavy atom. The monoisotopic (exact) mass is 309 g/mol. The van der Waals surface area contributed by atoms with Crippen LogP contribution in [0.4, 0.5) is 5.88 Å². The van der Waals surface area contributed by atoms with Crippen LogP contribution in [0.5, 0.6) is 0 Å². The van der Waals surface area contributed by atoms with Gasteiger partial charge in [0.2, 0.25) is 5.88 Å². The summed E-state index contributed by atoms with van der Waals surface area (Å²) in [5, 5.41) is 6.92. The molecule has 1 atom stereocenters. The van der Waals surface area contributed by atoms with Crippen LogP contribution in [0, 0.1) is 6.92 Å². The molecule has 114 valence electrons. The summed E-state index contributed by atoms with van der Waals surface area (Å²) in [7, 11) is -3.66. The first kappa shape index (κ1) is 15.5. The average molecular weight is 309 g/mol. The van der Waals surface area contributed by atoms with E-state index in [1.54, 1.807) is 31.2 Å². The van der Waals surface area contributed by atoms with Crippen molar-refractivity contribution in [2.75, 3.05) is 11.3 Å². The summed E-state index contributed by atoms with van der Waals surface area (Å²) in [6.07, 6.45) is 0. The molecule has 2 rings (SSSR count). The van der Waals surface area contributed by atoms with E-state index in [1.165, 1.54) is 6.07 Å². The quantitative estimate of drug-likeness (QED) is 0.856. The van der Waals surface area contributed by atoms with Gasteiger partial charge in [-0.2, -0.15) is 0 Å². The summed E-state index contributed by atoms with van der Waals surface area (Å²) >= 11 is 0. The molecule has 0 bridgehead atoms. The fourth-order valence-electron chi connectivity index (χ4n) is 1.96. The first-order chi connectivity index (χ1) is 9.92. The Kier molecular flexibility index (Phi) is 4.64. The fraction of sp³-hybridized carbons (Fsp3) is 0.357. The van der Waals surface area contributed by atoms with Gasteiger partial charge in [0.25, 0.3) is 10.0 Å². The van der Waals surface area contributed by atoms with Crippen LogP contribution in [-0.4, -0.2) is 20.1 Å². The summed E-state index contributed by atoms with van der Waals surface area (Å²) in [6.45, 7) is 6.63. The van der Waals surface area contributed by atoms with E-state index in [1.807, 2.05) is 13.8 Å². The van der Waals surface area contributed by atoms with Crippen LogP contribution in [0.15, 0.2) is 39.8 Å². The van der Waals surface area contributed by atoms with E-state index in [0.29, 0.717) is 5.69 Å². The molecule has 0 aliphatic carbocycles. The highest BCUT2D eigenvalue weighted by molar-refractivity contribution is 7.92. The van der Waals surface area contributed by atoms with Crippen molar-refractivity contribution < 1.29 is 12.9 Å². The molecule has 0 fully saturated rings. The molecule has 1 aromatic carbocycles. The first-order valence-corrected chi connectivity index (χ1v) is 8.20. The molecule has 0 radical (unpaired) electrons. The van der Waals surface area contributed by atoms with Gasteiger partial charge >= 0.3 is 0 Å². The number of anilines is 1. The Labute approximate surface area is 124 Å². The van der Waals surface area contributed by atoms with Gasteiger partial charge in [0.05, 0.1) is 10.6 Å². The third-order valence-electron chi connectivity index (χ3n) is 3.06. The minimum absolute atomic E-state index is 0.109. The Bertz CT molecular complexity index is 693. The van der Waals surface area contributed by atoms with Crippen molar-refractivity contribution >= 4 is 15.9 Å². The standard InChI is InChI=1S/C14H19N3O3S/c1-4-15-11(3)12-5-7-13(8-6-12)21(18,19)17-14-9-10(2)16-20-14/h5-9,11,15,17H,4H2,1-3H3. The molecule has 7 heteroatoms. The van der Waals surface area contributed by atoms with Crippen molar-refractivity contribution in [2.24, 2.45) is 0 Å². The number of aromatic nitrogens is 1. The zero-order chi connectivity index (χ0) is 15.5. The van der Waals surface area contributed by atoms with Gasteiger partial charge in [0.15, 0.2) is 0 Å². The topological polar surface area (TPSA) is 84.2 Å². The molecule has 0 saturated carbocycles. The zero-order valence-electron chi connectivity index (χ0n) is 12.3. The molecule has 1 aromatic heterocycles. The van der Waals surface area contributed by atoms with Crippen molar-refractivity contribution in [3.8, 4) is 0 Å². The van der Waals surface area contributed by atoms with E-state index in [2.05, 4.69) is 15.2 Å². The minimum Gasteiger partial charge on any atom is -0.338 e. The maximum absolute atomic E-state index is 12.2. The van der Waals surface area contributed by atoms with E-state index in [4.69, 9.17) is 4.52 Å². The zero-order valence-corrected chi connectivity index (χ0v) is 13.1. The second-order valence-electron chi connectivity index (χ2n) is 4.79.